The molecule has 0 radical (unpaired) electrons. The van der Waals surface area contributed by atoms with Crippen LogP contribution >= 0.6 is 0 Å². The number of ether oxygens (including phenoxy) is 1. The summed E-state index contributed by atoms with van der Waals surface area (Å²) < 4.78 is 4.95. The summed E-state index contributed by atoms with van der Waals surface area (Å²) in [5, 5.41) is 18.0. The van der Waals surface area contributed by atoms with Crippen molar-refractivity contribution >= 4 is 23.5 Å². The average Bonchev–Trinajstić information content (AvgIpc) is 3.39. The van der Waals surface area contributed by atoms with Gasteiger partial charge in [-0.3, -0.25) is 14.5 Å². The van der Waals surface area contributed by atoms with E-state index in [1.807, 2.05) is 4.90 Å². The molecule has 3 saturated heterocycles. The number of allylic oxidation sites excluding steroid dienone is 1. The van der Waals surface area contributed by atoms with Crippen molar-refractivity contribution in [3.05, 3.63) is 41.2 Å². The standard InChI is InChI=1S/C21H21N5O4/c1-3-30-21(29)12-6-8-13(9-7-12)23-24-14(11-22)18-17-16(15-5-4-10-26(15)18)19(27)25(2)20(17)28/h6-9,15-17H,3-5,10H2,1-2H3/b18-14-,24-23?/t15-,16+,17+/m0/s1. The maximum absolute atomic E-state index is 12.7. The predicted molar refractivity (Wildman–Crippen MR) is 104 cm³/mol. The Morgan fingerprint density at radius 1 is 1.27 bits per heavy atom. The number of likely N-dealkylation sites (tertiary alicyclic amines) is 1. The molecule has 1 aromatic carbocycles. The number of fused-ring (bicyclic) bond motifs is 3. The molecule has 3 aliphatic heterocycles. The molecular formula is C21H21N5O4. The van der Waals surface area contributed by atoms with Gasteiger partial charge in [-0.1, -0.05) is 0 Å². The van der Waals surface area contributed by atoms with Crippen LogP contribution in [0.25, 0.3) is 0 Å². The van der Waals surface area contributed by atoms with Crippen molar-refractivity contribution in [2.24, 2.45) is 22.1 Å². The third-order valence-electron chi connectivity index (χ3n) is 5.88. The molecule has 30 heavy (non-hydrogen) atoms. The minimum atomic E-state index is -0.674. The smallest absolute Gasteiger partial charge is 0.338 e. The van der Waals surface area contributed by atoms with E-state index < -0.39 is 17.8 Å². The summed E-state index contributed by atoms with van der Waals surface area (Å²) in [5.74, 6) is -2.04. The van der Waals surface area contributed by atoms with Gasteiger partial charge in [0.1, 0.15) is 6.07 Å². The Morgan fingerprint density at radius 2 is 2.00 bits per heavy atom. The van der Waals surface area contributed by atoms with E-state index in [2.05, 4.69) is 16.3 Å². The summed E-state index contributed by atoms with van der Waals surface area (Å²) >= 11 is 0. The molecule has 3 aliphatic rings. The van der Waals surface area contributed by atoms with Gasteiger partial charge in [0.05, 0.1) is 35.4 Å². The van der Waals surface area contributed by atoms with Crippen LogP contribution in [0.3, 0.4) is 0 Å². The highest BCUT2D eigenvalue weighted by atomic mass is 16.5. The molecule has 154 valence electrons. The zero-order valence-electron chi connectivity index (χ0n) is 16.7. The van der Waals surface area contributed by atoms with E-state index in [0.29, 0.717) is 23.5 Å². The zero-order valence-corrected chi connectivity index (χ0v) is 16.7. The SMILES string of the molecule is CCOC(=O)c1ccc(N=N/C(C#N)=C2/[C@@H]3C(=O)N(C)C(=O)[C@@H]3[C@@H]3CCCN23)cc1. The summed E-state index contributed by atoms with van der Waals surface area (Å²) in [6.45, 7) is 2.71. The van der Waals surface area contributed by atoms with Crippen LogP contribution in [0.2, 0.25) is 0 Å². The average molecular weight is 407 g/mol. The first-order valence-corrected chi connectivity index (χ1v) is 9.89. The van der Waals surface area contributed by atoms with E-state index in [1.54, 1.807) is 31.2 Å². The van der Waals surface area contributed by atoms with Gasteiger partial charge < -0.3 is 9.64 Å². The van der Waals surface area contributed by atoms with Gasteiger partial charge in [-0.25, -0.2) is 4.79 Å². The van der Waals surface area contributed by atoms with Crippen molar-refractivity contribution in [1.29, 1.82) is 5.26 Å². The highest BCUT2D eigenvalue weighted by Gasteiger charge is 2.60. The molecular weight excluding hydrogens is 386 g/mol. The summed E-state index contributed by atoms with van der Waals surface area (Å²) in [6, 6.07) is 8.33. The van der Waals surface area contributed by atoms with Crippen molar-refractivity contribution in [3.63, 3.8) is 0 Å². The van der Waals surface area contributed by atoms with Gasteiger partial charge in [-0.15, -0.1) is 10.2 Å². The molecule has 9 nitrogen and oxygen atoms in total. The fraction of sp³-hybridized carbons (Fsp3) is 0.429. The van der Waals surface area contributed by atoms with Gasteiger partial charge >= 0.3 is 5.97 Å². The van der Waals surface area contributed by atoms with E-state index in [4.69, 9.17) is 4.74 Å². The van der Waals surface area contributed by atoms with Crippen LogP contribution in [0.1, 0.15) is 30.1 Å². The summed E-state index contributed by atoms with van der Waals surface area (Å²) in [7, 11) is 1.48. The minimum Gasteiger partial charge on any atom is -0.462 e. The van der Waals surface area contributed by atoms with Crippen LogP contribution in [-0.4, -0.2) is 53.8 Å². The molecule has 0 aromatic heterocycles. The first-order valence-electron chi connectivity index (χ1n) is 9.89. The molecule has 0 bridgehead atoms. The quantitative estimate of drug-likeness (QED) is 0.328. The first-order chi connectivity index (χ1) is 14.5. The summed E-state index contributed by atoms with van der Waals surface area (Å²) in [6.07, 6.45) is 1.70. The lowest BCUT2D eigenvalue weighted by molar-refractivity contribution is -0.138. The van der Waals surface area contributed by atoms with Gasteiger partial charge in [0.15, 0.2) is 5.70 Å². The topological polar surface area (TPSA) is 115 Å². The number of hydrogen-bond donors (Lipinski definition) is 0. The Labute approximate surface area is 173 Å². The number of esters is 1. The van der Waals surface area contributed by atoms with E-state index in [0.717, 1.165) is 17.7 Å². The normalized spacial score (nSPS) is 26.8. The first kappa shape index (κ1) is 19.8. The molecule has 3 heterocycles. The molecule has 0 N–H and O–H groups in total. The van der Waals surface area contributed by atoms with Crippen LogP contribution in [0.4, 0.5) is 5.69 Å². The Morgan fingerprint density at radius 3 is 2.67 bits per heavy atom. The molecule has 0 spiro atoms. The van der Waals surface area contributed by atoms with Gasteiger partial charge in [-0.2, -0.15) is 5.26 Å². The van der Waals surface area contributed by atoms with Crippen molar-refractivity contribution in [1.82, 2.24) is 9.80 Å². The number of carbonyl (C=O) groups excluding carboxylic acids is 3. The molecule has 3 atom stereocenters. The van der Waals surface area contributed by atoms with Crippen LogP contribution in [0.15, 0.2) is 45.9 Å². The monoisotopic (exact) mass is 407 g/mol. The molecule has 9 heteroatoms. The molecule has 1 aromatic rings. The second kappa shape index (κ2) is 7.71. The number of rotatable bonds is 4. The van der Waals surface area contributed by atoms with Crippen molar-refractivity contribution in [2.75, 3.05) is 20.2 Å². The summed E-state index contributed by atoms with van der Waals surface area (Å²) in [4.78, 5) is 40.2. The third-order valence-corrected chi connectivity index (χ3v) is 5.88. The van der Waals surface area contributed by atoms with Crippen molar-refractivity contribution < 1.29 is 19.1 Å². The van der Waals surface area contributed by atoms with E-state index in [9.17, 15) is 19.6 Å². The second-order valence-corrected chi connectivity index (χ2v) is 7.45. The molecule has 2 amide bonds. The minimum absolute atomic E-state index is 0.0420. The van der Waals surface area contributed by atoms with E-state index >= 15 is 0 Å². The Hall–Kier alpha value is -3.54. The molecule has 4 rings (SSSR count). The number of benzene rings is 1. The van der Waals surface area contributed by atoms with E-state index in [-0.39, 0.29) is 30.2 Å². The lowest BCUT2D eigenvalue weighted by Crippen LogP contribution is -2.35. The van der Waals surface area contributed by atoms with Crippen molar-refractivity contribution in [3.8, 4) is 6.07 Å². The number of hydrogen-bond acceptors (Lipinski definition) is 8. The Balaban J connectivity index is 1.65. The third kappa shape index (κ3) is 3.05. The number of nitriles is 1. The fourth-order valence-corrected chi connectivity index (χ4v) is 4.55. The number of imide groups is 1. The number of nitrogens with zero attached hydrogens (tertiary/aromatic N) is 5. The Kier molecular flexibility index (Phi) is 5.08. The highest BCUT2D eigenvalue weighted by Crippen LogP contribution is 2.49. The Bertz CT molecular complexity index is 1010. The fourth-order valence-electron chi connectivity index (χ4n) is 4.55. The zero-order chi connectivity index (χ0) is 21.4. The lowest BCUT2D eigenvalue weighted by atomic mass is 9.89. The predicted octanol–water partition coefficient (Wildman–Crippen LogP) is 2.39. The van der Waals surface area contributed by atoms with Gasteiger partial charge in [-0.05, 0) is 44.0 Å². The maximum atomic E-state index is 12.7. The van der Waals surface area contributed by atoms with Gasteiger partial charge in [0.2, 0.25) is 11.8 Å². The molecule has 0 unspecified atom stereocenters. The van der Waals surface area contributed by atoms with Crippen LogP contribution in [-0.2, 0) is 14.3 Å². The number of azo groups is 1. The number of amides is 2. The van der Waals surface area contributed by atoms with Crippen LogP contribution < -0.4 is 0 Å². The largest absolute Gasteiger partial charge is 0.462 e. The van der Waals surface area contributed by atoms with Gasteiger partial charge in [0.25, 0.3) is 0 Å². The summed E-state index contributed by atoms with van der Waals surface area (Å²) in [5.41, 5.74) is 1.39. The van der Waals surface area contributed by atoms with Crippen LogP contribution in [0.5, 0.6) is 0 Å². The van der Waals surface area contributed by atoms with E-state index in [1.165, 1.54) is 7.05 Å². The van der Waals surface area contributed by atoms with Crippen molar-refractivity contribution in [2.45, 2.75) is 25.8 Å². The number of carbonyl (C=O) groups is 3. The molecule has 3 fully saturated rings. The van der Waals surface area contributed by atoms with Crippen LogP contribution in [0, 0.1) is 23.2 Å². The van der Waals surface area contributed by atoms with Gasteiger partial charge in [0, 0.05) is 19.6 Å². The molecule has 0 saturated carbocycles. The lowest BCUT2D eigenvalue weighted by Gasteiger charge is -2.23. The second-order valence-electron chi connectivity index (χ2n) is 7.45. The maximum Gasteiger partial charge on any atom is 0.338 e. The molecule has 0 aliphatic carbocycles. The highest BCUT2D eigenvalue weighted by molar-refractivity contribution is 6.07.